The number of ether oxygens (including phenoxy) is 2. The van der Waals surface area contributed by atoms with Gasteiger partial charge in [0, 0.05) is 18.0 Å². The molecule has 0 radical (unpaired) electrons. The molecule has 0 atom stereocenters. The first-order chi connectivity index (χ1) is 14.0. The maximum absolute atomic E-state index is 13.1. The molecule has 2 aromatic carbocycles. The number of hydrogen-bond acceptors (Lipinski definition) is 7. The minimum atomic E-state index is 0.0330. The van der Waals surface area contributed by atoms with Crippen molar-refractivity contribution in [1.29, 1.82) is 0 Å². The van der Waals surface area contributed by atoms with Gasteiger partial charge in [-0.15, -0.1) is 11.8 Å². The predicted molar refractivity (Wildman–Crippen MR) is 121 cm³/mol. The van der Waals surface area contributed by atoms with E-state index in [4.69, 9.17) is 14.5 Å². The fraction of sp³-hybridized carbons (Fsp3) is 0.333. The normalized spacial score (nSPS) is 11.1. The van der Waals surface area contributed by atoms with Crippen molar-refractivity contribution in [3.05, 3.63) is 42.5 Å². The zero-order valence-electron chi connectivity index (χ0n) is 17.0. The fourth-order valence-corrected chi connectivity index (χ4v) is 4.51. The fourth-order valence-electron chi connectivity index (χ4n) is 2.71. The van der Waals surface area contributed by atoms with Crippen LogP contribution in [0.5, 0.6) is 11.5 Å². The lowest BCUT2D eigenvalue weighted by molar-refractivity contribution is -0.116. The molecule has 8 heteroatoms. The molecule has 3 aromatic rings. The third-order valence-electron chi connectivity index (χ3n) is 4.32. The minimum Gasteiger partial charge on any atom is -0.497 e. The standard InChI is InChI=1S/C21H25N3O3S2/c1-23(2)12-13-24(19(25)14-28-16-10-8-15(26-3)9-11-16)21-22-20-17(27-4)6-5-7-18(20)29-21/h5-11H,12-14H2,1-4H3. The number of hydrogen-bond donors (Lipinski definition) is 0. The molecule has 154 valence electrons. The van der Waals surface area contributed by atoms with Crippen LogP contribution in [0.15, 0.2) is 47.4 Å². The molecule has 0 saturated heterocycles. The summed E-state index contributed by atoms with van der Waals surface area (Å²) in [5.74, 6) is 1.90. The van der Waals surface area contributed by atoms with Crippen LogP contribution >= 0.6 is 23.1 Å². The van der Waals surface area contributed by atoms with Gasteiger partial charge >= 0.3 is 0 Å². The molecule has 1 amide bonds. The number of aromatic nitrogens is 1. The first-order valence-electron chi connectivity index (χ1n) is 9.17. The van der Waals surface area contributed by atoms with Crippen LogP contribution < -0.4 is 14.4 Å². The molecule has 1 aromatic heterocycles. The number of methoxy groups -OCH3 is 2. The van der Waals surface area contributed by atoms with E-state index in [1.165, 1.54) is 23.1 Å². The maximum atomic E-state index is 13.1. The number of benzene rings is 2. The second-order valence-electron chi connectivity index (χ2n) is 6.62. The molecule has 1 heterocycles. The smallest absolute Gasteiger partial charge is 0.239 e. The molecule has 0 unspecified atom stereocenters. The third kappa shape index (κ3) is 5.41. The largest absolute Gasteiger partial charge is 0.497 e. The average molecular weight is 432 g/mol. The van der Waals surface area contributed by atoms with E-state index in [-0.39, 0.29) is 5.91 Å². The summed E-state index contributed by atoms with van der Waals surface area (Å²) in [6, 6.07) is 13.5. The Kier molecular flexibility index (Phi) is 7.35. The second kappa shape index (κ2) is 9.96. The summed E-state index contributed by atoms with van der Waals surface area (Å²) in [6.45, 7) is 1.34. The van der Waals surface area contributed by atoms with Crippen molar-refractivity contribution in [3.8, 4) is 11.5 Å². The summed E-state index contributed by atoms with van der Waals surface area (Å²) in [4.78, 5) is 22.7. The first kappa shape index (κ1) is 21.4. The molecular weight excluding hydrogens is 406 g/mol. The molecule has 0 fully saturated rings. The molecule has 6 nitrogen and oxygen atoms in total. The monoisotopic (exact) mass is 431 g/mol. The first-order valence-corrected chi connectivity index (χ1v) is 11.0. The van der Waals surface area contributed by atoms with E-state index < -0.39 is 0 Å². The Morgan fingerprint density at radius 3 is 2.48 bits per heavy atom. The Morgan fingerprint density at radius 2 is 1.83 bits per heavy atom. The number of para-hydroxylation sites is 1. The van der Waals surface area contributed by atoms with Crippen LogP contribution in [-0.4, -0.2) is 62.9 Å². The molecule has 0 spiro atoms. The summed E-state index contributed by atoms with van der Waals surface area (Å²) >= 11 is 3.02. The Bertz CT molecular complexity index is 957. The van der Waals surface area contributed by atoms with Crippen molar-refractivity contribution in [2.75, 3.05) is 52.1 Å². The van der Waals surface area contributed by atoms with E-state index in [2.05, 4.69) is 4.90 Å². The van der Waals surface area contributed by atoms with Crippen LogP contribution in [-0.2, 0) is 4.79 Å². The van der Waals surface area contributed by atoms with Gasteiger partial charge in [-0.2, -0.15) is 0 Å². The van der Waals surface area contributed by atoms with Gasteiger partial charge in [-0.25, -0.2) is 4.98 Å². The molecule has 0 saturated carbocycles. The average Bonchev–Trinajstić information content (AvgIpc) is 3.16. The number of carbonyl (C=O) groups is 1. The SMILES string of the molecule is COc1ccc(SCC(=O)N(CCN(C)C)c2nc3c(OC)cccc3s2)cc1. The van der Waals surface area contributed by atoms with E-state index in [0.717, 1.165) is 33.2 Å². The molecular formula is C21H25N3O3S2. The summed E-state index contributed by atoms with van der Waals surface area (Å²) in [7, 11) is 7.27. The van der Waals surface area contributed by atoms with Crippen LogP contribution in [0, 0.1) is 0 Å². The van der Waals surface area contributed by atoms with Gasteiger partial charge < -0.3 is 14.4 Å². The Labute approximate surface area is 179 Å². The van der Waals surface area contributed by atoms with E-state index in [1.807, 2.05) is 56.6 Å². The van der Waals surface area contributed by atoms with Crippen LogP contribution in [0.1, 0.15) is 0 Å². The zero-order chi connectivity index (χ0) is 20.8. The van der Waals surface area contributed by atoms with Crippen LogP contribution in [0.2, 0.25) is 0 Å². The van der Waals surface area contributed by atoms with Gasteiger partial charge in [-0.3, -0.25) is 9.69 Å². The highest BCUT2D eigenvalue weighted by molar-refractivity contribution is 8.00. The lowest BCUT2D eigenvalue weighted by atomic mass is 10.3. The van der Waals surface area contributed by atoms with Crippen molar-refractivity contribution in [1.82, 2.24) is 9.88 Å². The van der Waals surface area contributed by atoms with E-state index in [0.29, 0.717) is 17.4 Å². The second-order valence-corrected chi connectivity index (χ2v) is 8.67. The van der Waals surface area contributed by atoms with Crippen molar-refractivity contribution >= 4 is 44.4 Å². The maximum Gasteiger partial charge on any atom is 0.239 e. The number of nitrogens with zero attached hydrogens (tertiary/aromatic N) is 3. The summed E-state index contributed by atoms with van der Waals surface area (Å²) < 4.78 is 11.6. The number of anilines is 1. The third-order valence-corrected chi connectivity index (χ3v) is 6.36. The van der Waals surface area contributed by atoms with Crippen molar-refractivity contribution < 1.29 is 14.3 Å². The molecule has 3 rings (SSSR count). The molecule has 0 bridgehead atoms. The van der Waals surface area contributed by atoms with E-state index in [1.54, 1.807) is 19.1 Å². The van der Waals surface area contributed by atoms with Crippen LogP contribution in [0.25, 0.3) is 10.2 Å². The van der Waals surface area contributed by atoms with Gasteiger partial charge in [0.2, 0.25) is 5.91 Å². The Balaban J connectivity index is 1.79. The summed E-state index contributed by atoms with van der Waals surface area (Å²) in [6.07, 6.45) is 0. The highest BCUT2D eigenvalue weighted by Gasteiger charge is 2.21. The molecule has 0 aliphatic heterocycles. The van der Waals surface area contributed by atoms with Crippen LogP contribution in [0.4, 0.5) is 5.13 Å². The topological polar surface area (TPSA) is 54.9 Å². The van der Waals surface area contributed by atoms with Crippen molar-refractivity contribution in [3.63, 3.8) is 0 Å². The number of carbonyl (C=O) groups excluding carboxylic acids is 1. The number of thiazole rings is 1. The highest BCUT2D eigenvalue weighted by Crippen LogP contribution is 2.34. The number of rotatable bonds is 9. The van der Waals surface area contributed by atoms with Crippen molar-refractivity contribution in [2.45, 2.75) is 4.90 Å². The van der Waals surface area contributed by atoms with Gasteiger partial charge in [0.05, 0.1) is 24.7 Å². The minimum absolute atomic E-state index is 0.0330. The summed E-state index contributed by atoms with van der Waals surface area (Å²) in [5, 5.41) is 0.701. The lowest BCUT2D eigenvalue weighted by Crippen LogP contribution is -2.37. The Morgan fingerprint density at radius 1 is 1.07 bits per heavy atom. The highest BCUT2D eigenvalue weighted by atomic mass is 32.2. The number of likely N-dealkylation sites (N-methyl/N-ethyl adjacent to an activating group) is 1. The number of thioether (sulfide) groups is 1. The predicted octanol–water partition coefficient (Wildman–Crippen LogP) is 4.00. The molecule has 0 aliphatic carbocycles. The number of fused-ring (bicyclic) bond motifs is 1. The Hall–Kier alpha value is -2.29. The zero-order valence-corrected chi connectivity index (χ0v) is 18.7. The van der Waals surface area contributed by atoms with Gasteiger partial charge in [0.25, 0.3) is 0 Å². The van der Waals surface area contributed by atoms with E-state index in [9.17, 15) is 4.79 Å². The molecule has 0 N–H and O–H groups in total. The molecule has 29 heavy (non-hydrogen) atoms. The summed E-state index contributed by atoms with van der Waals surface area (Å²) in [5.41, 5.74) is 0.792. The van der Waals surface area contributed by atoms with Crippen LogP contribution in [0.3, 0.4) is 0 Å². The quantitative estimate of drug-likeness (QED) is 0.478. The van der Waals surface area contributed by atoms with E-state index >= 15 is 0 Å². The van der Waals surface area contributed by atoms with Crippen molar-refractivity contribution in [2.24, 2.45) is 0 Å². The number of amides is 1. The lowest BCUT2D eigenvalue weighted by Gasteiger charge is -2.21. The van der Waals surface area contributed by atoms with Gasteiger partial charge in [0.15, 0.2) is 5.13 Å². The molecule has 0 aliphatic rings. The van der Waals surface area contributed by atoms with Gasteiger partial charge in [0.1, 0.15) is 17.0 Å². The van der Waals surface area contributed by atoms with Gasteiger partial charge in [-0.05, 0) is 50.5 Å². The van der Waals surface area contributed by atoms with Gasteiger partial charge in [-0.1, -0.05) is 17.4 Å².